The second-order valence-electron chi connectivity index (χ2n) is 5.47. The molecule has 0 radical (unpaired) electrons. The first-order chi connectivity index (χ1) is 10.8. The molecule has 3 aromatic rings. The zero-order valence-corrected chi connectivity index (χ0v) is 12.6. The van der Waals surface area contributed by atoms with Gasteiger partial charge in [0.05, 0.1) is 5.69 Å². The van der Waals surface area contributed by atoms with E-state index in [2.05, 4.69) is 16.1 Å². The minimum Gasteiger partial charge on any atom is -0.273 e. The predicted octanol–water partition coefficient (Wildman–Crippen LogP) is 4.77. The van der Waals surface area contributed by atoms with E-state index in [0.717, 1.165) is 28.3 Å². The van der Waals surface area contributed by atoms with Crippen molar-refractivity contribution in [2.45, 2.75) is 20.0 Å². The molecule has 0 bridgehead atoms. The van der Waals surface area contributed by atoms with Crippen molar-refractivity contribution in [1.29, 1.82) is 0 Å². The van der Waals surface area contributed by atoms with Crippen LogP contribution in [0.2, 0.25) is 0 Å². The van der Waals surface area contributed by atoms with Crippen molar-refractivity contribution in [1.82, 2.24) is 15.2 Å². The van der Waals surface area contributed by atoms with Crippen LogP contribution in [-0.2, 0) is 6.18 Å². The van der Waals surface area contributed by atoms with Crippen molar-refractivity contribution in [2.24, 2.45) is 0 Å². The van der Waals surface area contributed by atoms with Gasteiger partial charge in [-0.15, -0.1) is 0 Å². The minimum atomic E-state index is -4.45. The molecule has 3 nitrogen and oxygen atoms in total. The van der Waals surface area contributed by atoms with E-state index in [-0.39, 0.29) is 5.69 Å². The predicted molar refractivity (Wildman–Crippen MR) is 81.7 cm³/mol. The van der Waals surface area contributed by atoms with Gasteiger partial charge in [0.25, 0.3) is 0 Å². The molecule has 0 unspecified atom stereocenters. The highest BCUT2D eigenvalue weighted by Gasteiger charge is 2.33. The number of nitrogens with one attached hydrogen (secondary N) is 1. The van der Waals surface area contributed by atoms with Gasteiger partial charge in [-0.25, -0.2) is 0 Å². The second kappa shape index (κ2) is 5.53. The van der Waals surface area contributed by atoms with Gasteiger partial charge >= 0.3 is 6.18 Å². The molecule has 0 spiro atoms. The molecule has 0 fully saturated rings. The van der Waals surface area contributed by atoms with Gasteiger partial charge in [0, 0.05) is 6.20 Å². The van der Waals surface area contributed by atoms with E-state index in [9.17, 15) is 13.2 Å². The van der Waals surface area contributed by atoms with E-state index in [1.54, 1.807) is 12.3 Å². The molecule has 0 aliphatic rings. The Morgan fingerprint density at radius 1 is 0.870 bits per heavy atom. The number of rotatable bonds is 2. The summed E-state index contributed by atoms with van der Waals surface area (Å²) >= 11 is 0. The van der Waals surface area contributed by atoms with Gasteiger partial charge in [0.15, 0.2) is 0 Å². The average Bonchev–Trinajstić information content (AvgIpc) is 2.96. The summed E-state index contributed by atoms with van der Waals surface area (Å²) in [5, 5.41) is 5.72. The molecule has 6 heteroatoms. The van der Waals surface area contributed by atoms with Gasteiger partial charge in [0.1, 0.15) is 11.4 Å². The lowest BCUT2D eigenvalue weighted by Crippen LogP contribution is -2.04. The van der Waals surface area contributed by atoms with Crippen LogP contribution in [0, 0.1) is 13.8 Å². The zero-order chi connectivity index (χ0) is 16.6. The van der Waals surface area contributed by atoms with Crippen LogP contribution in [0.15, 0.2) is 42.6 Å². The molecule has 0 aliphatic carbocycles. The Morgan fingerprint density at radius 3 is 2.17 bits per heavy atom. The lowest BCUT2D eigenvalue weighted by molar-refractivity contribution is -0.141. The first-order valence-corrected chi connectivity index (χ1v) is 7.00. The number of nitrogens with zero attached hydrogens (tertiary/aromatic N) is 2. The maximum absolute atomic E-state index is 12.7. The molecule has 0 amide bonds. The summed E-state index contributed by atoms with van der Waals surface area (Å²) in [5.74, 6) is 0. The molecule has 1 aromatic carbocycles. The van der Waals surface area contributed by atoms with Gasteiger partial charge in [-0.05, 0) is 43.2 Å². The van der Waals surface area contributed by atoms with Crippen LogP contribution in [0.1, 0.15) is 16.8 Å². The van der Waals surface area contributed by atoms with Crippen molar-refractivity contribution in [2.75, 3.05) is 0 Å². The maximum atomic E-state index is 12.7. The highest BCUT2D eigenvalue weighted by Crippen LogP contribution is 2.31. The van der Waals surface area contributed by atoms with Gasteiger partial charge < -0.3 is 0 Å². The Morgan fingerprint density at radius 2 is 1.57 bits per heavy atom. The highest BCUT2D eigenvalue weighted by molar-refractivity contribution is 5.70. The summed E-state index contributed by atoms with van der Waals surface area (Å²) in [4.78, 5) is 4.13. The number of aromatic amines is 1. The number of aromatic nitrogens is 3. The number of hydrogen-bond donors (Lipinski definition) is 1. The molecule has 0 saturated carbocycles. The first kappa shape index (κ1) is 15.3. The van der Waals surface area contributed by atoms with Gasteiger partial charge in [0.2, 0.25) is 0 Å². The Kier molecular flexibility index (Phi) is 3.67. The van der Waals surface area contributed by atoms with E-state index < -0.39 is 11.9 Å². The maximum Gasteiger partial charge on any atom is 0.432 e. The van der Waals surface area contributed by atoms with Crippen molar-refractivity contribution in [3.05, 3.63) is 59.4 Å². The summed E-state index contributed by atoms with van der Waals surface area (Å²) in [5.41, 5.74) is 3.81. The van der Waals surface area contributed by atoms with Crippen LogP contribution >= 0.6 is 0 Å². The van der Waals surface area contributed by atoms with E-state index in [0.29, 0.717) is 5.69 Å². The fourth-order valence-corrected chi connectivity index (χ4v) is 2.49. The number of hydrogen-bond acceptors (Lipinski definition) is 2. The third-order valence-corrected chi connectivity index (χ3v) is 3.46. The van der Waals surface area contributed by atoms with Crippen molar-refractivity contribution in [3.63, 3.8) is 0 Å². The lowest BCUT2D eigenvalue weighted by atomic mass is 10.0. The molecular formula is C17H14F3N3. The number of aryl methyl sites for hydroxylation is 2. The third-order valence-electron chi connectivity index (χ3n) is 3.46. The normalized spacial score (nSPS) is 11.7. The summed E-state index contributed by atoms with van der Waals surface area (Å²) in [6.07, 6.45) is -2.87. The van der Waals surface area contributed by atoms with Crippen LogP contribution in [0.5, 0.6) is 0 Å². The Bertz CT molecular complexity index is 830. The Labute approximate surface area is 131 Å². The topological polar surface area (TPSA) is 41.6 Å². The lowest BCUT2D eigenvalue weighted by Gasteiger charge is -2.06. The minimum absolute atomic E-state index is 0.170. The number of alkyl halides is 3. The molecule has 23 heavy (non-hydrogen) atoms. The fraction of sp³-hybridized carbons (Fsp3) is 0.176. The van der Waals surface area contributed by atoms with Crippen LogP contribution in [-0.4, -0.2) is 15.2 Å². The molecular weight excluding hydrogens is 303 g/mol. The standard InChI is InChI=1S/C17H14F3N3/c1-10-5-11(2)7-13(6-10)12-3-4-21-14(8-12)15-9-16(23-22-15)17(18,19)20/h3-9H,1-2H3,(H,22,23). The number of halogens is 3. The molecule has 118 valence electrons. The van der Waals surface area contributed by atoms with Crippen LogP contribution < -0.4 is 0 Å². The molecule has 3 rings (SSSR count). The summed E-state index contributed by atoms with van der Waals surface area (Å²) in [6, 6.07) is 10.7. The van der Waals surface area contributed by atoms with E-state index in [4.69, 9.17) is 0 Å². The fourth-order valence-electron chi connectivity index (χ4n) is 2.49. The summed E-state index contributed by atoms with van der Waals surface area (Å²) in [6.45, 7) is 4.00. The van der Waals surface area contributed by atoms with E-state index in [1.165, 1.54) is 0 Å². The number of benzene rings is 1. The number of pyridine rings is 1. The Hall–Kier alpha value is -2.63. The van der Waals surface area contributed by atoms with Gasteiger partial charge in [-0.1, -0.05) is 29.3 Å². The Balaban J connectivity index is 2.01. The third kappa shape index (κ3) is 3.26. The van der Waals surface area contributed by atoms with Crippen molar-refractivity contribution >= 4 is 0 Å². The highest BCUT2D eigenvalue weighted by atomic mass is 19.4. The largest absolute Gasteiger partial charge is 0.432 e. The van der Waals surface area contributed by atoms with Crippen molar-refractivity contribution in [3.8, 4) is 22.5 Å². The SMILES string of the molecule is Cc1cc(C)cc(-c2ccnc(-c3cc(C(F)(F)F)[nH]n3)c2)c1. The average molecular weight is 317 g/mol. The molecule has 0 atom stereocenters. The monoisotopic (exact) mass is 317 g/mol. The molecule has 0 saturated heterocycles. The molecule has 1 N–H and O–H groups in total. The van der Waals surface area contributed by atoms with Crippen LogP contribution in [0.25, 0.3) is 22.5 Å². The van der Waals surface area contributed by atoms with Crippen LogP contribution in [0.3, 0.4) is 0 Å². The second-order valence-corrected chi connectivity index (χ2v) is 5.47. The smallest absolute Gasteiger partial charge is 0.273 e. The first-order valence-electron chi connectivity index (χ1n) is 7.00. The number of H-pyrrole nitrogens is 1. The van der Waals surface area contributed by atoms with Gasteiger partial charge in [-0.2, -0.15) is 18.3 Å². The molecule has 0 aliphatic heterocycles. The van der Waals surface area contributed by atoms with Crippen LogP contribution in [0.4, 0.5) is 13.2 Å². The van der Waals surface area contributed by atoms with Gasteiger partial charge in [-0.3, -0.25) is 10.1 Å². The molecule has 2 heterocycles. The zero-order valence-electron chi connectivity index (χ0n) is 12.6. The quantitative estimate of drug-likeness (QED) is 0.739. The van der Waals surface area contributed by atoms with E-state index in [1.807, 2.05) is 37.1 Å². The van der Waals surface area contributed by atoms with Crippen molar-refractivity contribution < 1.29 is 13.2 Å². The summed E-state index contributed by atoms with van der Waals surface area (Å²) < 4.78 is 38.0. The van der Waals surface area contributed by atoms with E-state index >= 15 is 0 Å². The summed E-state index contributed by atoms with van der Waals surface area (Å²) in [7, 11) is 0. The molecule has 2 aromatic heterocycles.